The van der Waals surface area contributed by atoms with Crippen LogP contribution >= 0.6 is 0 Å². The molecular weight excluding hydrogens is 292 g/mol. The second kappa shape index (κ2) is 5.08. The third kappa shape index (κ3) is 2.18. The second-order valence-corrected chi connectivity index (χ2v) is 7.36. The monoisotopic (exact) mass is 316 g/mol. The molecule has 1 aliphatic carbocycles. The highest BCUT2D eigenvalue weighted by Gasteiger charge is 2.46. The van der Waals surface area contributed by atoms with Crippen LogP contribution in [0.25, 0.3) is 0 Å². The lowest BCUT2D eigenvalue weighted by molar-refractivity contribution is -0.140. The average molecular weight is 316 g/mol. The van der Waals surface area contributed by atoms with Gasteiger partial charge in [0.1, 0.15) is 5.82 Å². The Hall–Kier alpha value is -1.85. The molecule has 2 fully saturated rings. The van der Waals surface area contributed by atoms with Crippen LogP contribution in [-0.2, 0) is 15.1 Å². The van der Waals surface area contributed by atoms with Crippen molar-refractivity contribution in [3.63, 3.8) is 0 Å². The number of likely N-dealkylation sites (tertiary alicyclic amines) is 1. The zero-order valence-electron chi connectivity index (χ0n) is 13.9. The van der Waals surface area contributed by atoms with E-state index in [2.05, 4.69) is 9.78 Å². The smallest absolute Gasteiger partial charge is 0.230 e. The van der Waals surface area contributed by atoms with E-state index in [1.165, 1.54) is 6.42 Å². The van der Waals surface area contributed by atoms with Crippen molar-refractivity contribution < 1.29 is 9.59 Å². The first-order valence-electron chi connectivity index (χ1n) is 8.63. The Morgan fingerprint density at radius 1 is 1.30 bits per heavy atom. The summed E-state index contributed by atoms with van der Waals surface area (Å²) in [6, 6.07) is 1.98. The van der Waals surface area contributed by atoms with Crippen molar-refractivity contribution in [3.8, 4) is 0 Å². The van der Waals surface area contributed by atoms with Crippen molar-refractivity contribution in [2.24, 2.45) is 5.92 Å². The number of carbonyl (C=O) groups is 2. The van der Waals surface area contributed by atoms with Crippen LogP contribution in [0.15, 0.2) is 6.07 Å². The molecule has 3 heterocycles. The molecule has 4 rings (SSSR count). The van der Waals surface area contributed by atoms with Gasteiger partial charge in [-0.3, -0.25) is 9.59 Å². The summed E-state index contributed by atoms with van der Waals surface area (Å²) >= 11 is 0. The molecule has 6 heteroatoms. The molecule has 1 spiro atoms. The van der Waals surface area contributed by atoms with Gasteiger partial charge in [-0.15, -0.1) is 0 Å². The number of hydrogen-bond acceptors (Lipinski definition) is 3. The molecule has 1 aromatic rings. The lowest BCUT2D eigenvalue weighted by Crippen LogP contribution is -2.55. The first-order valence-corrected chi connectivity index (χ1v) is 8.63. The summed E-state index contributed by atoms with van der Waals surface area (Å²) in [7, 11) is 1.82. The highest BCUT2D eigenvalue weighted by Crippen LogP contribution is 2.41. The van der Waals surface area contributed by atoms with Crippen molar-refractivity contribution in [2.75, 3.05) is 25.0 Å². The van der Waals surface area contributed by atoms with Gasteiger partial charge in [0.15, 0.2) is 0 Å². The maximum absolute atomic E-state index is 12.4. The van der Waals surface area contributed by atoms with E-state index in [1.54, 1.807) is 4.90 Å². The molecule has 2 aliphatic heterocycles. The minimum atomic E-state index is -0.246. The third-order valence-corrected chi connectivity index (χ3v) is 5.92. The van der Waals surface area contributed by atoms with E-state index in [1.807, 2.05) is 24.9 Å². The van der Waals surface area contributed by atoms with Crippen LogP contribution in [0.5, 0.6) is 0 Å². The molecule has 0 bridgehead atoms. The van der Waals surface area contributed by atoms with Crippen molar-refractivity contribution in [2.45, 2.75) is 51.0 Å². The van der Waals surface area contributed by atoms with Crippen molar-refractivity contribution >= 4 is 17.6 Å². The summed E-state index contributed by atoms with van der Waals surface area (Å²) in [5, 5.41) is 4.66. The van der Waals surface area contributed by atoms with Gasteiger partial charge in [0.05, 0.1) is 17.7 Å². The molecule has 1 saturated carbocycles. The number of nitrogens with zero attached hydrogens (tertiary/aromatic N) is 4. The molecule has 0 radical (unpaired) electrons. The number of piperidine rings is 1. The molecular formula is C17H24N4O2. The molecule has 2 amide bonds. The Morgan fingerprint density at radius 3 is 2.61 bits per heavy atom. The predicted molar refractivity (Wildman–Crippen MR) is 86.1 cm³/mol. The fourth-order valence-corrected chi connectivity index (χ4v) is 4.12. The average Bonchev–Trinajstić information content (AvgIpc) is 2.87. The second-order valence-electron chi connectivity index (χ2n) is 7.36. The number of amides is 2. The molecule has 0 N–H and O–H groups in total. The van der Waals surface area contributed by atoms with Crippen LogP contribution in [0.3, 0.4) is 0 Å². The van der Waals surface area contributed by atoms with Crippen molar-refractivity contribution in [1.29, 1.82) is 0 Å². The van der Waals surface area contributed by atoms with Crippen LogP contribution in [0.2, 0.25) is 0 Å². The Kier molecular flexibility index (Phi) is 3.25. The molecule has 1 aromatic heterocycles. The molecule has 6 nitrogen and oxygen atoms in total. The molecule has 3 aliphatic rings. The zero-order valence-corrected chi connectivity index (χ0v) is 13.9. The van der Waals surface area contributed by atoms with Crippen LogP contribution in [0, 0.1) is 12.8 Å². The number of hydrogen-bond donors (Lipinski definition) is 0. The van der Waals surface area contributed by atoms with E-state index in [9.17, 15) is 9.59 Å². The fourth-order valence-electron chi connectivity index (χ4n) is 4.12. The topological polar surface area (TPSA) is 58.4 Å². The van der Waals surface area contributed by atoms with Gasteiger partial charge < -0.3 is 9.80 Å². The van der Waals surface area contributed by atoms with E-state index in [-0.39, 0.29) is 17.4 Å². The molecule has 0 aromatic carbocycles. The van der Waals surface area contributed by atoms with Crippen LogP contribution in [0.1, 0.15) is 44.2 Å². The van der Waals surface area contributed by atoms with Gasteiger partial charge in [0.25, 0.3) is 0 Å². The number of fused-ring (bicyclic) bond motifs is 2. The SMILES string of the molecule is Cc1cc2n(n1)C1(CCN(C(=O)C3CCC3)CC1)CC(=O)N2C. The van der Waals surface area contributed by atoms with Gasteiger partial charge in [-0.05, 0) is 32.6 Å². The standard InChI is InChI=1S/C17H24N4O2/c1-12-10-14-19(2)15(22)11-17(21(14)18-12)6-8-20(9-7-17)16(23)13-4-3-5-13/h10,13H,3-9,11H2,1-2H3. The highest BCUT2D eigenvalue weighted by atomic mass is 16.2. The first-order chi connectivity index (χ1) is 11.0. The summed E-state index contributed by atoms with van der Waals surface area (Å²) in [6.45, 7) is 3.45. The number of aryl methyl sites for hydroxylation is 1. The Balaban J connectivity index is 1.57. The zero-order chi connectivity index (χ0) is 16.2. The number of anilines is 1. The van der Waals surface area contributed by atoms with E-state index in [0.717, 1.165) is 50.3 Å². The summed E-state index contributed by atoms with van der Waals surface area (Å²) < 4.78 is 2.05. The molecule has 0 unspecified atom stereocenters. The number of aromatic nitrogens is 2. The molecule has 124 valence electrons. The normalized spacial score (nSPS) is 23.8. The number of carbonyl (C=O) groups excluding carboxylic acids is 2. The lowest BCUT2D eigenvalue weighted by Gasteiger charge is -2.46. The van der Waals surface area contributed by atoms with E-state index in [0.29, 0.717) is 12.3 Å². The van der Waals surface area contributed by atoms with Crippen molar-refractivity contribution in [3.05, 3.63) is 11.8 Å². The Labute approximate surface area is 136 Å². The Bertz CT molecular complexity index is 654. The van der Waals surface area contributed by atoms with Crippen LogP contribution in [0.4, 0.5) is 5.82 Å². The van der Waals surface area contributed by atoms with Gasteiger partial charge in [-0.1, -0.05) is 6.42 Å². The summed E-state index contributed by atoms with van der Waals surface area (Å²) in [5.74, 6) is 1.61. The van der Waals surface area contributed by atoms with Crippen LogP contribution in [-0.4, -0.2) is 46.6 Å². The van der Waals surface area contributed by atoms with Crippen LogP contribution < -0.4 is 4.90 Å². The van der Waals surface area contributed by atoms with Gasteiger partial charge >= 0.3 is 0 Å². The minimum absolute atomic E-state index is 0.149. The third-order valence-electron chi connectivity index (χ3n) is 5.92. The largest absolute Gasteiger partial charge is 0.342 e. The van der Waals surface area contributed by atoms with Gasteiger partial charge in [0.2, 0.25) is 11.8 Å². The number of rotatable bonds is 1. The van der Waals surface area contributed by atoms with E-state index in [4.69, 9.17) is 0 Å². The quantitative estimate of drug-likeness (QED) is 0.792. The van der Waals surface area contributed by atoms with Gasteiger partial charge in [0, 0.05) is 32.1 Å². The Morgan fingerprint density at radius 2 is 2.00 bits per heavy atom. The summed E-state index contributed by atoms with van der Waals surface area (Å²) in [5.41, 5.74) is 0.692. The van der Waals surface area contributed by atoms with E-state index < -0.39 is 0 Å². The fraction of sp³-hybridized carbons (Fsp3) is 0.706. The maximum Gasteiger partial charge on any atom is 0.230 e. The van der Waals surface area contributed by atoms with Gasteiger partial charge in [-0.25, -0.2) is 4.68 Å². The lowest BCUT2D eigenvalue weighted by atomic mass is 9.80. The molecule has 23 heavy (non-hydrogen) atoms. The van der Waals surface area contributed by atoms with Crippen molar-refractivity contribution in [1.82, 2.24) is 14.7 Å². The summed E-state index contributed by atoms with van der Waals surface area (Å²) in [4.78, 5) is 28.6. The van der Waals surface area contributed by atoms with E-state index >= 15 is 0 Å². The minimum Gasteiger partial charge on any atom is -0.342 e. The predicted octanol–water partition coefficient (Wildman–Crippen LogP) is 1.68. The highest BCUT2D eigenvalue weighted by molar-refractivity contribution is 5.94. The maximum atomic E-state index is 12.4. The molecule has 0 atom stereocenters. The summed E-state index contributed by atoms with van der Waals surface area (Å²) in [6.07, 6.45) is 5.41. The molecule has 1 saturated heterocycles. The van der Waals surface area contributed by atoms with Gasteiger partial charge in [-0.2, -0.15) is 5.10 Å². The first kappa shape index (κ1) is 14.7.